The molecule has 0 radical (unpaired) electrons. The van der Waals surface area contributed by atoms with Gasteiger partial charge in [0.15, 0.2) is 0 Å². The highest BCUT2D eigenvalue weighted by atomic mass is 35.5. The van der Waals surface area contributed by atoms with E-state index in [9.17, 15) is 18.7 Å². The molecular formula is C22H16ClF2N5O4S. The van der Waals surface area contributed by atoms with E-state index < -0.39 is 19.1 Å². The molecule has 0 saturated carbocycles. The minimum Gasteiger partial charge on any atom is -0.462 e. The van der Waals surface area contributed by atoms with Crippen molar-refractivity contribution >= 4 is 34.0 Å². The fourth-order valence-corrected chi connectivity index (χ4v) is 3.69. The monoisotopic (exact) mass is 519 g/mol. The second-order valence-corrected chi connectivity index (χ2v) is 8.21. The molecule has 0 atom stereocenters. The van der Waals surface area contributed by atoms with Crippen LogP contribution in [0.1, 0.15) is 21.7 Å². The van der Waals surface area contributed by atoms with Crippen LogP contribution >= 0.6 is 22.9 Å². The van der Waals surface area contributed by atoms with E-state index in [-0.39, 0.29) is 45.1 Å². The number of amides is 1. The smallest absolute Gasteiger partial charge is 0.387 e. The van der Waals surface area contributed by atoms with Crippen LogP contribution in [0.4, 0.5) is 13.9 Å². The third-order valence-electron chi connectivity index (χ3n) is 4.52. The number of anilines is 1. The van der Waals surface area contributed by atoms with Gasteiger partial charge in [-0.05, 0) is 35.6 Å². The van der Waals surface area contributed by atoms with E-state index in [1.54, 1.807) is 18.2 Å². The van der Waals surface area contributed by atoms with Crippen molar-refractivity contribution in [3.63, 3.8) is 0 Å². The summed E-state index contributed by atoms with van der Waals surface area (Å²) < 4.78 is 36.0. The van der Waals surface area contributed by atoms with E-state index in [1.807, 2.05) is 0 Å². The van der Waals surface area contributed by atoms with Gasteiger partial charge in [-0.3, -0.25) is 20.1 Å². The number of halogens is 3. The number of carbonyl (C=O) groups is 1. The molecule has 35 heavy (non-hydrogen) atoms. The highest BCUT2D eigenvalue weighted by Gasteiger charge is 2.20. The minimum absolute atomic E-state index is 0.0514. The highest BCUT2D eigenvalue weighted by Crippen LogP contribution is 2.34. The number of nitrogens with one attached hydrogen (secondary N) is 1. The second kappa shape index (κ2) is 11.1. The van der Waals surface area contributed by atoms with Crippen LogP contribution in [-0.4, -0.2) is 37.8 Å². The second-order valence-electron chi connectivity index (χ2n) is 6.84. The fraction of sp³-hybridized carbons (Fsp3) is 0.136. The standard InChI is InChI=1S/C22H16ClF2N5O4S/c23-12-5-6-13(26-8-12)11-33-22-30-29-21(35-22)28-19(32)17-9-27-14(10-31)7-16(17)15-3-1-2-4-18(15)34-20(24)25/h1-9,20,31H,10-11H2,(H,28,29,32). The summed E-state index contributed by atoms with van der Waals surface area (Å²) in [6.07, 6.45) is 2.73. The molecule has 0 bridgehead atoms. The topological polar surface area (TPSA) is 119 Å². The molecule has 0 unspecified atom stereocenters. The van der Waals surface area contributed by atoms with E-state index in [0.717, 1.165) is 11.3 Å². The fourth-order valence-electron chi connectivity index (χ4n) is 2.99. The van der Waals surface area contributed by atoms with Crippen LogP contribution in [0.5, 0.6) is 10.9 Å². The molecule has 3 aromatic heterocycles. The molecule has 4 aromatic rings. The maximum Gasteiger partial charge on any atom is 0.387 e. The molecule has 0 saturated heterocycles. The lowest BCUT2D eigenvalue weighted by Gasteiger charge is -2.14. The number of aliphatic hydroxyl groups excluding tert-OH is 1. The van der Waals surface area contributed by atoms with Crippen molar-refractivity contribution in [2.24, 2.45) is 0 Å². The first-order chi connectivity index (χ1) is 16.9. The average molecular weight is 520 g/mol. The van der Waals surface area contributed by atoms with Crippen molar-refractivity contribution in [2.75, 3.05) is 5.32 Å². The van der Waals surface area contributed by atoms with Gasteiger partial charge >= 0.3 is 6.61 Å². The highest BCUT2D eigenvalue weighted by molar-refractivity contribution is 7.17. The number of ether oxygens (including phenoxy) is 2. The maximum atomic E-state index is 13.0. The lowest BCUT2D eigenvalue weighted by Crippen LogP contribution is -2.14. The number of hydrogen-bond acceptors (Lipinski definition) is 9. The molecule has 1 aromatic carbocycles. The zero-order chi connectivity index (χ0) is 24.8. The van der Waals surface area contributed by atoms with E-state index in [4.69, 9.17) is 16.3 Å². The lowest BCUT2D eigenvalue weighted by molar-refractivity contribution is -0.0494. The number of aromatic nitrogens is 4. The molecule has 0 aliphatic rings. The van der Waals surface area contributed by atoms with E-state index in [0.29, 0.717) is 10.7 Å². The number of carbonyl (C=O) groups excluding carboxylic acids is 1. The summed E-state index contributed by atoms with van der Waals surface area (Å²) in [6.45, 7) is -3.35. The van der Waals surface area contributed by atoms with Gasteiger partial charge in [-0.25, -0.2) is 0 Å². The van der Waals surface area contributed by atoms with Gasteiger partial charge in [0.1, 0.15) is 12.4 Å². The van der Waals surface area contributed by atoms with Crippen LogP contribution in [0.15, 0.2) is 54.9 Å². The third-order valence-corrected chi connectivity index (χ3v) is 5.49. The molecule has 13 heteroatoms. The Morgan fingerprint density at radius 1 is 1.09 bits per heavy atom. The molecule has 0 spiro atoms. The van der Waals surface area contributed by atoms with Gasteiger partial charge in [-0.15, -0.1) is 5.10 Å². The van der Waals surface area contributed by atoms with Gasteiger partial charge in [0.2, 0.25) is 5.13 Å². The molecule has 1 amide bonds. The summed E-state index contributed by atoms with van der Waals surface area (Å²) in [5, 5.41) is 20.7. The summed E-state index contributed by atoms with van der Waals surface area (Å²) in [5.74, 6) is -0.750. The Labute approximate surface area is 206 Å². The largest absolute Gasteiger partial charge is 0.462 e. The number of rotatable bonds is 9. The van der Waals surface area contributed by atoms with Gasteiger partial charge in [0, 0.05) is 23.5 Å². The van der Waals surface area contributed by atoms with Gasteiger partial charge in [-0.2, -0.15) is 8.78 Å². The van der Waals surface area contributed by atoms with Crippen molar-refractivity contribution in [3.05, 3.63) is 76.8 Å². The molecular weight excluding hydrogens is 504 g/mol. The van der Waals surface area contributed by atoms with Gasteiger partial charge in [0.05, 0.1) is 28.6 Å². The first kappa shape index (κ1) is 24.4. The van der Waals surface area contributed by atoms with Crippen molar-refractivity contribution in [2.45, 2.75) is 19.8 Å². The Bertz CT molecular complexity index is 1320. The molecule has 0 fully saturated rings. The summed E-state index contributed by atoms with van der Waals surface area (Å²) in [6, 6.07) is 10.8. The Morgan fingerprint density at radius 2 is 1.89 bits per heavy atom. The average Bonchev–Trinajstić information content (AvgIpc) is 3.30. The third kappa shape index (κ3) is 6.23. The quantitative estimate of drug-likeness (QED) is 0.330. The molecule has 3 heterocycles. The molecule has 0 aliphatic carbocycles. The number of para-hydroxylation sites is 1. The first-order valence-corrected chi connectivity index (χ1v) is 11.1. The Hall–Kier alpha value is -3.74. The SMILES string of the molecule is O=C(Nc1nnc(OCc2ccc(Cl)cn2)s1)c1cnc(CO)cc1-c1ccccc1OC(F)F. The van der Waals surface area contributed by atoms with Gasteiger partial charge in [-0.1, -0.05) is 34.9 Å². The van der Waals surface area contributed by atoms with Crippen LogP contribution in [0.3, 0.4) is 0 Å². The summed E-state index contributed by atoms with van der Waals surface area (Å²) in [4.78, 5) is 21.2. The van der Waals surface area contributed by atoms with E-state index in [2.05, 4.69) is 30.2 Å². The normalized spacial score (nSPS) is 10.9. The number of alkyl halides is 2. The predicted octanol–water partition coefficient (Wildman–Crippen LogP) is 4.57. The molecule has 180 valence electrons. The van der Waals surface area contributed by atoms with Crippen LogP contribution in [-0.2, 0) is 13.2 Å². The number of benzene rings is 1. The minimum atomic E-state index is -3.06. The predicted molar refractivity (Wildman–Crippen MR) is 124 cm³/mol. The molecule has 0 aliphatic heterocycles. The molecule has 9 nitrogen and oxygen atoms in total. The first-order valence-electron chi connectivity index (χ1n) is 9.95. The van der Waals surface area contributed by atoms with Gasteiger partial charge < -0.3 is 14.6 Å². The number of hydrogen-bond donors (Lipinski definition) is 2. The Balaban J connectivity index is 1.54. The summed E-state index contributed by atoms with van der Waals surface area (Å²) in [5.41, 5.74) is 1.39. The lowest BCUT2D eigenvalue weighted by atomic mass is 9.99. The van der Waals surface area contributed by atoms with Crippen LogP contribution in [0.25, 0.3) is 11.1 Å². The number of pyridine rings is 2. The van der Waals surface area contributed by atoms with Crippen molar-refractivity contribution in [3.8, 4) is 22.1 Å². The van der Waals surface area contributed by atoms with E-state index >= 15 is 0 Å². The number of nitrogens with zero attached hydrogens (tertiary/aromatic N) is 4. The zero-order valence-electron chi connectivity index (χ0n) is 17.7. The van der Waals surface area contributed by atoms with Crippen LogP contribution < -0.4 is 14.8 Å². The summed E-state index contributed by atoms with van der Waals surface area (Å²) in [7, 11) is 0. The Kier molecular flexibility index (Phi) is 7.75. The van der Waals surface area contributed by atoms with Crippen LogP contribution in [0.2, 0.25) is 5.02 Å². The van der Waals surface area contributed by atoms with Crippen LogP contribution in [0, 0.1) is 0 Å². The van der Waals surface area contributed by atoms with Crippen molar-refractivity contribution < 1.29 is 28.2 Å². The summed E-state index contributed by atoms with van der Waals surface area (Å²) >= 11 is 6.79. The van der Waals surface area contributed by atoms with Crippen molar-refractivity contribution in [1.29, 1.82) is 0 Å². The van der Waals surface area contributed by atoms with E-state index in [1.165, 1.54) is 36.7 Å². The molecule has 2 N–H and O–H groups in total. The Morgan fingerprint density at radius 3 is 2.63 bits per heavy atom. The van der Waals surface area contributed by atoms with Gasteiger partial charge in [0.25, 0.3) is 11.1 Å². The maximum absolute atomic E-state index is 13.0. The number of aliphatic hydroxyl groups is 1. The van der Waals surface area contributed by atoms with Crippen molar-refractivity contribution in [1.82, 2.24) is 20.2 Å². The molecule has 4 rings (SSSR count). The zero-order valence-corrected chi connectivity index (χ0v) is 19.3.